The molecule has 1 aromatic carbocycles. The molecule has 1 unspecified atom stereocenters. The van der Waals surface area contributed by atoms with Gasteiger partial charge in [0.05, 0.1) is 10.5 Å². The van der Waals surface area contributed by atoms with Gasteiger partial charge in [-0.25, -0.2) is 13.2 Å². The number of carbonyl (C=O) groups is 1. The molecule has 1 heterocycles. The molecule has 0 aromatic heterocycles. The van der Waals surface area contributed by atoms with E-state index in [1.165, 1.54) is 0 Å². The van der Waals surface area contributed by atoms with Crippen LogP contribution in [0.2, 0.25) is 0 Å². The maximum atomic E-state index is 13.5. The number of carbonyl (C=O) groups excluding carboxylic acids is 1. The minimum Gasteiger partial charge on any atom is -0.309 e. The first-order valence-electron chi connectivity index (χ1n) is 5.10. The van der Waals surface area contributed by atoms with Crippen molar-refractivity contribution in [2.24, 2.45) is 0 Å². The Kier molecular flexibility index (Phi) is 3.42. The fourth-order valence-electron chi connectivity index (χ4n) is 1.79. The van der Waals surface area contributed by atoms with E-state index in [1.807, 2.05) is 0 Å². The van der Waals surface area contributed by atoms with Crippen molar-refractivity contribution in [3.63, 3.8) is 0 Å². The lowest BCUT2D eigenvalue weighted by atomic mass is 10.1. The normalized spacial score (nSPS) is 20.8. The summed E-state index contributed by atoms with van der Waals surface area (Å²) in [5.74, 6) is -3.68. The number of piperidine rings is 1. The molecule has 0 spiro atoms. The topological polar surface area (TPSA) is 20.3 Å². The largest absolute Gasteiger partial charge is 0.309 e. The summed E-state index contributed by atoms with van der Waals surface area (Å²) in [5.41, 5.74) is -0.210. The van der Waals surface area contributed by atoms with Crippen LogP contribution in [0.4, 0.5) is 18.9 Å². The second-order valence-corrected chi connectivity index (χ2v) is 4.92. The van der Waals surface area contributed by atoms with Gasteiger partial charge in [-0.15, -0.1) is 0 Å². The first kappa shape index (κ1) is 12.4. The number of anilines is 1. The van der Waals surface area contributed by atoms with E-state index in [2.05, 4.69) is 15.9 Å². The zero-order valence-electron chi connectivity index (χ0n) is 8.72. The van der Waals surface area contributed by atoms with Gasteiger partial charge >= 0.3 is 0 Å². The second-order valence-electron chi connectivity index (χ2n) is 3.82. The number of hydrogen-bond donors (Lipinski definition) is 0. The molecule has 0 N–H and O–H groups in total. The summed E-state index contributed by atoms with van der Waals surface area (Å²) in [5, 5.41) is 0. The highest BCUT2D eigenvalue weighted by atomic mass is 79.9. The van der Waals surface area contributed by atoms with Crippen molar-refractivity contribution in [2.45, 2.75) is 17.7 Å². The molecule has 0 bridgehead atoms. The summed E-state index contributed by atoms with van der Waals surface area (Å²) in [6.45, 7) is 0.308. The molecule has 17 heavy (non-hydrogen) atoms. The van der Waals surface area contributed by atoms with Crippen molar-refractivity contribution in [3.8, 4) is 0 Å². The molecule has 2 nitrogen and oxygen atoms in total. The molecule has 0 aliphatic carbocycles. The van der Waals surface area contributed by atoms with E-state index in [0.29, 0.717) is 31.5 Å². The number of alkyl halides is 1. The Bertz CT molecular complexity index is 466. The quantitative estimate of drug-likeness (QED) is 0.577. The van der Waals surface area contributed by atoms with Gasteiger partial charge in [-0.2, -0.15) is 0 Å². The Balaban J connectivity index is 2.39. The lowest BCUT2D eigenvalue weighted by molar-refractivity contribution is -0.118. The highest BCUT2D eigenvalue weighted by Gasteiger charge is 2.29. The van der Waals surface area contributed by atoms with Crippen molar-refractivity contribution in [2.75, 3.05) is 11.4 Å². The molecule has 92 valence electrons. The SMILES string of the molecule is O=C1C(Br)CCCN1c1cc(F)c(F)cc1F. The number of amides is 1. The summed E-state index contributed by atoms with van der Waals surface area (Å²) in [4.78, 5) is 12.5. The average Bonchev–Trinajstić information content (AvgIpc) is 2.28. The van der Waals surface area contributed by atoms with Crippen LogP contribution in [-0.4, -0.2) is 17.3 Å². The van der Waals surface area contributed by atoms with Crippen LogP contribution in [0.15, 0.2) is 12.1 Å². The highest BCUT2D eigenvalue weighted by molar-refractivity contribution is 9.10. The zero-order valence-corrected chi connectivity index (χ0v) is 10.3. The predicted octanol–water partition coefficient (Wildman–Crippen LogP) is 2.99. The summed E-state index contributed by atoms with van der Waals surface area (Å²) < 4.78 is 39.3. The van der Waals surface area contributed by atoms with Gasteiger partial charge in [0.15, 0.2) is 11.6 Å². The van der Waals surface area contributed by atoms with E-state index in [9.17, 15) is 18.0 Å². The standard InChI is InChI=1S/C11H9BrF3NO/c12-6-2-1-3-16(11(6)17)10-5-8(14)7(13)4-9(10)15/h4-6H,1-3H2. The van der Waals surface area contributed by atoms with Crippen LogP contribution in [0.3, 0.4) is 0 Å². The summed E-state index contributed by atoms with van der Waals surface area (Å²) in [6, 6.07) is 1.17. The third kappa shape index (κ3) is 2.31. The predicted molar refractivity (Wildman–Crippen MR) is 60.6 cm³/mol. The lowest BCUT2D eigenvalue weighted by Crippen LogP contribution is -2.42. The van der Waals surface area contributed by atoms with Crippen molar-refractivity contribution >= 4 is 27.5 Å². The summed E-state index contributed by atoms with van der Waals surface area (Å²) >= 11 is 3.17. The van der Waals surface area contributed by atoms with Gasteiger partial charge in [-0.1, -0.05) is 15.9 Å². The third-order valence-corrected chi connectivity index (χ3v) is 3.50. The molecule has 0 saturated carbocycles. The van der Waals surface area contributed by atoms with Crippen molar-refractivity contribution in [1.29, 1.82) is 0 Å². The van der Waals surface area contributed by atoms with Crippen LogP contribution in [0.5, 0.6) is 0 Å². The first-order chi connectivity index (χ1) is 8.00. The van der Waals surface area contributed by atoms with E-state index in [1.54, 1.807) is 0 Å². The molecule has 1 aromatic rings. The van der Waals surface area contributed by atoms with Gasteiger partial charge in [-0.3, -0.25) is 4.79 Å². The van der Waals surface area contributed by atoms with Crippen molar-refractivity contribution < 1.29 is 18.0 Å². The van der Waals surface area contributed by atoms with E-state index in [-0.39, 0.29) is 11.6 Å². The minimum atomic E-state index is -1.26. The molecular weight excluding hydrogens is 299 g/mol. The molecule has 1 saturated heterocycles. The van der Waals surface area contributed by atoms with E-state index in [0.717, 1.165) is 4.90 Å². The molecule has 1 aliphatic heterocycles. The Morgan fingerprint density at radius 1 is 1.18 bits per heavy atom. The van der Waals surface area contributed by atoms with Gasteiger partial charge in [0.2, 0.25) is 5.91 Å². The smallest absolute Gasteiger partial charge is 0.240 e. The van der Waals surface area contributed by atoms with Gasteiger partial charge in [0, 0.05) is 18.7 Å². The van der Waals surface area contributed by atoms with Crippen LogP contribution < -0.4 is 4.90 Å². The summed E-state index contributed by atoms with van der Waals surface area (Å²) in [6.07, 6.45) is 1.33. The van der Waals surface area contributed by atoms with Crippen LogP contribution in [0.25, 0.3) is 0 Å². The van der Waals surface area contributed by atoms with Crippen LogP contribution in [0.1, 0.15) is 12.8 Å². The number of hydrogen-bond acceptors (Lipinski definition) is 1. The number of rotatable bonds is 1. The molecule has 0 radical (unpaired) electrons. The summed E-state index contributed by atoms with van der Waals surface area (Å²) in [7, 11) is 0. The Morgan fingerprint density at radius 2 is 1.82 bits per heavy atom. The van der Waals surface area contributed by atoms with E-state index in [4.69, 9.17) is 0 Å². The molecule has 2 rings (SSSR count). The minimum absolute atomic E-state index is 0.210. The molecule has 1 fully saturated rings. The molecule has 1 atom stereocenters. The van der Waals surface area contributed by atoms with E-state index < -0.39 is 22.3 Å². The average molecular weight is 308 g/mol. The maximum absolute atomic E-state index is 13.5. The fourth-order valence-corrected chi connectivity index (χ4v) is 2.36. The molecule has 1 aliphatic rings. The third-order valence-electron chi connectivity index (χ3n) is 2.65. The Morgan fingerprint density at radius 3 is 2.53 bits per heavy atom. The number of halogens is 4. The maximum Gasteiger partial charge on any atom is 0.240 e. The van der Waals surface area contributed by atoms with Gasteiger partial charge in [0.25, 0.3) is 0 Å². The number of benzene rings is 1. The highest BCUT2D eigenvalue weighted by Crippen LogP contribution is 2.28. The molecule has 1 amide bonds. The van der Waals surface area contributed by atoms with Crippen LogP contribution in [-0.2, 0) is 4.79 Å². The number of nitrogens with zero attached hydrogens (tertiary/aromatic N) is 1. The lowest BCUT2D eigenvalue weighted by Gasteiger charge is -2.30. The van der Waals surface area contributed by atoms with Gasteiger partial charge < -0.3 is 4.90 Å². The molecular formula is C11H9BrF3NO. The Labute approximate surface area is 105 Å². The van der Waals surface area contributed by atoms with E-state index >= 15 is 0 Å². The first-order valence-corrected chi connectivity index (χ1v) is 6.02. The second kappa shape index (κ2) is 4.68. The van der Waals surface area contributed by atoms with Crippen molar-refractivity contribution in [3.05, 3.63) is 29.6 Å². The van der Waals surface area contributed by atoms with Crippen LogP contribution >= 0.6 is 15.9 Å². The monoisotopic (exact) mass is 307 g/mol. The Hall–Kier alpha value is -1.04. The zero-order chi connectivity index (χ0) is 12.6. The van der Waals surface area contributed by atoms with Gasteiger partial charge in [0.1, 0.15) is 5.82 Å². The van der Waals surface area contributed by atoms with Crippen molar-refractivity contribution in [1.82, 2.24) is 0 Å². The van der Waals surface area contributed by atoms with Gasteiger partial charge in [-0.05, 0) is 12.8 Å². The fraction of sp³-hybridized carbons (Fsp3) is 0.364. The van der Waals surface area contributed by atoms with Crippen LogP contribution in [0, 0.1) is 17.5 Å². The molecule has 6 heteroatoms.